The summed E-state index contributed by atoms with van der Waals surface area (Å²) < 4.78 is 8.99. The number of carbonyl (C=O) groups excluding carboxylic acids is 6. The van der Waals surface area contributed by atoms with Crippen LogP contribution in [0, 0.1) is 0 Å². The van der Waals surface area contributed by atoms with E-state index in [1.165, 1.54) is 48.5 Å². The average Bonchev–Trinajstić information content (AvgIpc) is 2.66. The molecule has 8 heteroatoms. The number of benzene rings is 2. The highest BCUT2D eigenvalue weighted by Gasteiger charge is 2.24. The average molecular weight is 396 g/mol. The predicted molar refractivity (Wildman–Crippen MR) is 98.4 cm³/mol. The molecule has 0 amide bonds. The van der Waals surface area contributed by atoms with Crippen molar-refractivity contribution in [2.45, 2.75) is 20.3 Å². The fraction of sp³-hybridized carbons (Fsp3) is 0.143. The van der Waals surface area contributed by atoms with Crippen LogP contribution in [0.5, 0.6) is 0 Å². The number of esters is 4. The Hall–Kier alpha value is -3.94. The van der Waals surface area contributed by atoms with Gasteiger partial charge < -0.3 is 9.47 Å². The van der Waals surface area contributed by atoms with Crippen molar-refractivity contribution in [2.24, 2.45) is 0 Å². The van der Waals surface area contributed by atoms with E-state index in [0.717, 1.165) is 13.8 Å². The first kappa shape index (κ1) is 21.4. The lowest BCUT2D eigenvalue weighted by Gasteiger charge is -2.09. The molecule has 0 aliphatic rings. The van der Waals surface area contributed by atoms with Crippen molar-refractivity contribution in [1.29, 1.82) is 0 Å². The highest BCUT2D eigenvalue weighted by Crippen LogP contribution is 2.17. The smallest absolute Gasteiger partial charge is 0.346 e. The monoisotopic (exact) mass is 396 g/mol. The van der Waals surface area contributed by atoms with Gasteiger partial charge in [0.15, 0.2) is 11.6 Å². The quantitative estimate of drug-likeness (QED) is 0.415. The van der Waals surface area contributed by atoms with Crippen LogP contribution >= 0.6 is 0 Å². The number of hydrogen-bond donors (Lipinski definition) is 0. The Balaban J connectivity index is 2.29. The lowest BCUT2D eigenvalue weighted by atomic mass is 9.95. The van der Waals surface area contributed by atoms with Gasteiger partial charge in [0.2, 0.25) is 0 Å². The predicted octanol–water partition coefficient (Wildman–Crippen LogP) is 2.55. The van der Waals surface area contributed by atoms with Gasteiger partial charge in [0.1, 0.15) is 0 Å². The second-order valence-electron chi connectivity index (χ2n) is 5.88. The van der Waals surface area contributed by atoms with Crippen molar-refractivity contribution < 1.29 is 38.2 Å². The van der Waals surface area contributed by atoms with E-state index in [0.29, 0.717) is 0 Å². The van der Waals surface area contributed by atoms with Crippen LogP contribution in [0.25, 0.3) is 0 Å². The number of ether oxygens (including phenoxy) is 2. The Morgan fingerprint density at radius 1 is 0.586 bits per heavy atom. The van der Waals surface area contributed by atoms with Gasteiger partial charge in [0, 0.05) is 25.0 Å². The Bertz CT molecular complexity index is 937. The summed E-state index contributed by atoms with van der Waals surface area (Å²) in [6.45, 7) is 2.09. The summed E-state index contributed by atoms with van der Waals surface area (Å²) in [5, 5.41) is 0. The maximum atomic E-state index is 12.6. The molecule has 2 aromatic rings. The van der Waals surface area contributed by atoms with Gasteiger partial charge in [-0.1, -0.05) is 36.4 Å². The molecule has 0 aromatic heterocycles. The molecule has 2 aromatic carbocycles. The SMILES string of the molecule is CC(=O)OC(=O)c1ccccc1C(=O)CC(=O)c1ccccc1C(=O)OC(C)=O. The minimum atomic E-state index is -1.01. The zero-order chi connectivity index (χ0) is 21.6. The summed E-state index contributed by atoms with van der Waals surface area (Å²) in [4.78, 5) is 71.2. The molecule has 0 atom stereocenters. The van der Waals surface area contributed by atoms with E-state index in [1.54, 1.807) is 0 Å². The van der Waals surface area contributed by atoms with Crippen molar-refractivity contribution >= 4 is 35.4 Å². The molecule has 8 nitrogen and oxygen atoms in total. The summed E-state index contributed by atoms with van der Waals surface area (Å²) in [7, 11) is 0. The summed E-state index contributed by atoms with van der Waals surface area (Å²) in [5.41, 5.74) is -0.527. The standard InChI is InChI=1S/C21H16O8/c1-12(22)28-20(26)16-9-5-3-7-14(16)18(24)11-19(25)15-8-4-6-10-17(15)21(27)29-13(2)23/h3-10H,11H2,1-2H3. The number of Topliss-reactive ketones (excluding diaryl/α,β-unsaturated/α-hetero) is 2. The summed E-state index contributed by atoms with van der Waals surface area (Å²) in [5.74, 6) is -5.13. The zero-order valence-corrected chi connectivity index (χ0v) is 15.6. The molecule has 0 spiro atoms. The van der Waals surface area contributed by atoms with E-state index >= 15 is 0 Å². The lowest BCUT2D eigenvalue weighted by molar-refractivity contribution is -0.136. The maximum absolute atomic E-state index is 12.6. The molecule has 0 radical (unpaired) electrons. The minimum absolute atomic E-state index is 0.101. The van der Waals surface area contributed by atoms with Crippen LogP contribution in [0.4, 0.5) is 0 Å². The topological polar surface area (TPSA) is 121 Å². The Labute approximate surface area is 165 Å². The number of carbonyl (C=O) groups is 6. The molecule has 0 aliphatic carbocycles. The summed E-state index contributed by atoms with van der Waals surface area (Å²) >= 11 is 0. The maximum Gasteiger partial charge on any atom is 0.346 e. The normalized spacial score (nSPS) is 10.0. The molecule has 0 unspecified atom stereocenters. The van der Waals surface area contributed by atoms with E-state index in [-0.39, 0.29) is 22.3 Å². The van der Waals surface area contributed by atoms with Crippen LogP contribution in [0.15, 0.2) is 48.5 Å². The second kappa shape index (κ2) is 9.32. The first-order chi connectivity index (χ1) is 13.7. The second-order valence-corrected chi connectivity index (χ2v) is 5.88. The van der Waals surface area contributed by atoms with Crippen molar-refractivity contribution in [3.05, 3.63) is 70.8 Å². The van der Waals surface area contributed by atoms with Gasteiger partial charge in [-0.05, 0) is 12.1 Å². The third-order valence-electron chi connectivity index (χ3n) is 3.69. The first-order valence-electron chi connectivity index (χ1n) is 8.40. The molecule has 0 saturated heterocycles. The van der Waals surface area contributed by atoms with Gasteiger partial charge in [-0.2, -0.15) is 0 Å². The molecule has 29 heavy (non-hydrogen) atoms. The fourth-order valence-electron chi connectivity index (χ4n) is 2.52. The molecule has 0 bridgehead atoms. The van der Waals surface area contributed by atoms with E-state index in [2.05, 4.69) is 9.47 Å². The highest BCUT2D eigenvalue weighted by molar-refractivity contribution is 6.19. The van der Waals surface area contributed by atoms with Gasteiger partial charge in [-0.15, -0.1) is 0 Å². The van der Waals surface area contributed by atoms with Crippen LogP contribution in [0.1, 0.15) is 61.7 Å². The fourth-order valence-corrected chi connectivity index (χ4v) is 2.52. The van der Waals surface area contributed by atoms with Gasteiger partial charge >= 0.3 is 23.9 Å². The molecule has 0 aliphatic heterocycles. The van der Waals surface area contributed by atoms with Crippen LogP contribution in [0.3, 0.4) is 0 Å². The Morgan fingerprint density at radius 3 is 1.21 bits per heavy atom. The van der Waals surface area contributed by atoms with Crippen molar-refractivity contribution in [2.75, 3.05) is 0 Å². The Morgan fingerprint density at radius 2 is 0.897 bits per heavy atom. The molecule has 2 rings (SSSR count). The van der Waals surface area contributed by atoms with Gasteiger partial charge in [0.25, 0.3) is 0 Å². The molecule has 0 N–H and O–H groups in total. The van der Waals surface area contributed by atoms with E-state index in [1.807, 2.05) is 0 Å². The van der Waals surface area contributed by atoms with Crippen LogP contribution in [-0.2, 0) is 19.1 Å². The number of ketones is 2. The minimum Gasteiger partial charge on any atom is -0.390 e. The first-order valence-corrected chi connectivity index (χ1v) is 8.40. The summed E-state index contributed by atoms with van der Waals surface area (Å²) in [6, 6.07) is 11.2. The number of hydrogen-bond acceptors (Lipinski definition) is 8. The number of rotatable bonds is 6. The summed E-state index contributed by atoms with van der Waals surface area (Å²) in [6.07, 6.45) is -0.658. The van der Waals surface area contributed by atoms with Crippen molar-refractivity contribution in [1.82, 2.24) is 0 Å². The van der Waals surface area contributed by atoms with Gasteiger partial charge in [0.05, 0.1) is 17.5 Å². The van der Waals surface area contributed by atoms with Crippen LogP contribution in [0.2, 0.25) is 0 Å². The highest BCUT2D eigenvalue weighted by atomic mass is 16.6. The Kier molecular flexibility index (Phi) is 6.86. The van der Waals surface area contributed by atoms with Crippen LogP contribution in [-0.4, -0.2) is 35.4 Å². The third kappa shape index (κ3) is 5.52. The zero-order valence-electron chi connectivity index (χ0n) is 15.6. The lowest BCUT2D eigenvalue weighted by Crippen LogP contribution is -2.18. The van der Waals surface area contributed by atoms with Gasteiger partial charge in [-0.3, -0.25) is 19.2 Å². The van der Waals surface area contributed by atoms with Crippen LogP contribution < -0.4 is 0 Å². The van der Waals surface area contributed by atoms with E-state index < -0.39 is 41.9 Å². The molecule has 0 fully saturated rings. The van der Waals surface area contributed by atoms with E-state index in [9.17, 15) is 28.8 Å². The van der Waals surface area contributed by atoms with Crippen molar-refractivity contribution in [3.8, 4) is 0 Å². The van der Waals surface area contributed by atoms with Gasteiger partial charge in [-0.25, -0.2) is 9.59 Å². The molecular weight excluding hydrogens is 380 g/mol. The third-order valence-corrected chi connectivity index (χ3v) is 3.69. The molecule has 148 valence electrons. The molecule has 0 saturated carbocycles. The van der Waals surface area contributed by atoms with E-state index in [4.69, 9.17) is 0 Å². The molecular formula is C21H16O8. The van der Waals surface area contributed by atoms with Crippen molar-refractivity contribution in [3.63, 3.8) is 0 Å². The largest absolute Gasteiger partial charge is 0.390 e. The molecule has 0 heterocycles.